The van der Waals surface area contributed by atoms with Crippen LogP contribution in [0.4, 0.5) is 5.82 Å². The normalized spacial score (nSPS) is 18.4. The Hall–Kier alpha value is -3.86. The van der Waals surface area contributed by atoms with Gasteiger partial charge in [0.1, 0.15) is 28.7 Å². The Morgan fingerprint density at radius 2 is 1.78 bits per heavy atom. The fraction of sp³-hybridized carbons (Fsp3) is 0.471. The summed E-state index contributed by atoms with van der Waals surface area (Å²) in [6, 6.07) is 9.01. The van der Waals surface area contributed by atoms with Crippen molar-refractivity contribution in [2.24, 2.45) is 4.99 Å². The van der Waals surface area contributed by atoms with Crippen LogP contribution in [0.3, 0.4) is 0 Å². The Bertz CT molecular complexity index is 1640. The number of carbonyl (C=O) groups excluding carboxylic acids is 3. The van der Waals surface area contributed by atoms with Gasteiger partial charge in [0.25, 0.3) is 0 Å². The summed E-state index contributed by atoms with van der Waals surface area (Å²) in [5.41, 5.74) is 3.93. The molecule has 4 heterocycles. The first-order chi connectivity index (χ1) is 21.7. The summed E-state index contributed by atoms with van der Waals surface area (Å²) in [5.74, 6) is 0.700. The van der Waals surface area contributed by atoms with Crippen LogP contribution < -0.4 is 10.6 Å². The van der Waals surface area contributed by atoms with Crippen LogP contribution in [0.15, 0.2) is 46.1 Å². The fourth-order valence-electron chi connectivity index (χ4n) is 6.02. The number of amides is 2. The first-order valence-electron chi connectivity index (χ1n) is 15.9. The number of amidine groups is 1. The van der Waals surface area contributed by atoms with Crippen molar-refractivity contribution in [3.63, 3.8) is 0 Å². The molecule has 2 aliphatic heterocycles. The van der Waals surface area contributed by atoms with Crippen LogP contribution in [0.2, 0.25) is 0 Å². The van der Waals surface area contributed by atoms with Crippen LogP contribution in [-0.2, 0) is 22.6 Å². The van der Waals surface area contributed by atoms with E-state index in [-0.39, 0.29) is 24.1 Å². The smallest absolute Gasteiger partial charge is 0.248 e. The summed E-state index contributed by atoms with van der Waals surface area (Å²) in [5, 5.41) is 11.4. The number of aromatic nitrogens is 3. The van der Waals surface area contributed by atoms with Crippen LogP contribution >= 0.6 is 15.9 Å². The molecule has 45 heavy (non-hydrogen) atoms. The second-order valence-electron chi connectivity index (χ2n) is 12.0. The number of hydrogen-bond donors (Lipinski definition) is 2. The van der Waals surface area contributed by atoms with Crippen LogP contribution in [0.25, 0.3) is 16.5 Å². The van der Waals surface area contributed by atoms with Gasteiger partial charge in [-0.1, -0.05) is 57.1 Å². The van der Waals surface area contributed by atoms with Crippen molar-refractivity contribution in [2.75, 3.05) is 18.9 Å². The molecule has 0 saturated heterocycles. The zero-order chi connectivity index (χ0) is 31.9. The molecule has 0 fully saturated rings. The van der Waals surface area contributed by atoms with Crippen LogP contribution in [0.1, 0.15) is 93.3 Å². The van der Waals surface area contributed by atoms with E-state index in [0.29, 0.717) is 40.0 Å². The molecule has 0 unspecified atom stereocenters. The van der Waals surface area contributed by atoms with Gasteiger partial charge in [0, 0.05) is 25.6 Å². The Kier molecular flexibility index (Phi) is 10.8. The molecule has 0 saturated carbocycles. The maximum atomic E-state index is 13.8. The third-order valence-electron chi connectivity index (χ3n) is 8.71. The van der Waals surface area contributed by atoms with E-state index in [1.807, 2.05) is 43.5 Å². The highest BCUT2D eigenvalue weighted by Gasteiger charge is 2.29. The standard InChI is InChI=1S/C34H42BrN7O3/c1-22(43)32-27-18-25(26-19-36-23(2)37-20-26)14-16-28(27)42(40-32)21-31(44)41(3)29-13-11-9-7-5-4-6-8-10-12-24-15-17-30(35)38-33(24)39-34(29)45/h14-19,29H,4-13,20-21H2,1-3H3,(H,36,37)(H,38,39,45)/t29-/m0/s1. The van der Waals surface area contributed by atoms with Gasteiger partial charge in [0.15, 0.2) is 5.78 Å². The molecule has 0 bridgehead atoms. The Balaban J connectivity index is 1.38. The minimum Gasteiger partial charge on any atom is -0.350 e. The van der Waals surface area contributed by atoms with Crippen molar-refractivity contribution in [3.8, 4) is 0 Å². The first kappa shape index (κ1) is 32.5. The lowest BCUT2D eigenvalue weighted by atomic mass is 10.0. The number of halogens is 1. The van der Waals surface area contributed by atoms with Gasteiger partial charge in [0.2, 0.25) is 11.8 Å². The van der Waals surface area contributed by atoms with E-state index in [1.165, 1.54) is 31.1 Å². The highest BCUT2D eigenvalue weighted by molar-refractivity contribution is 9.10. The zero-order valence-electron chi connectivity index (χ0n) is 26.4. The van der Waals surface area contributed by atoms with E-state index < -0.39 is 6.04 Å². The highest BCUT2D eigenvalue weighted by Crippen LogP contribution is 2.27. The molecule has 0 spiro atoms. The predicted octanol–water partition coefficient (Wildman–Crippen LogP) is 6.29. The molecule has 238 valence electrons. The minimum absolute atomic E-state index is 0.0997. The zero-order valence-corrected chi connectivity index (χ0v) is 28.0. The molecule has 0 aliphatic carbocycles. The number of likely N-dealkylation sites (N-methyl/N-ethyl adjacent to an activating group) is 1. The molecule has 2 aliphatic rings. The molecule has 3 aromatic rings. The number of aliphatic imine (C=N–C) groups is 1. The van der Waals surface area contributed by atoms with E-state index in [2.05, 4.69) is 41.6 Å². The number of anilines is 1. The van der Waals surface area contributed by atoms with Crippen LogP contribution in [-0.4, -0.2) is 62.7 Å². The Morgan fingerprint density at radius 3 is 2.49 bits per heavy atom. The number of Topliss-reactive ketones (excluding diaryl/α,β-unsaturated/α-hetero) is 1. The minimum atomic E-state index is -0.674. The molecular weight excluding hydrogens is 634 g/mol. The lowest BCUT2D eigenvalue weighted by Gasteiger charge is -2.28. The number of nitrogens with one attached hydrogen (secondary N) is 2. The van der Waals surface area contributed by atoms with Crippen molar-refractivity contribution in [1.82, 2.24) is 25.0 Å². The van der Waals surface area contributed by atoms with Crippen LogP contribution in [0, 0.1) is 0 Å². The lowest BCUT2D eigenvalue weighted by molar-refractivity contribution is -0.137. The number of rotatable bonds is 5. The second-order valence-corrected chi connectivity index (χ2v) is 12.8. The molecule has 2 amide bonds. The number of pyridine rings is 1. The average Bonchev–Trinajstić information content (AvgIpc) is 3.38. The van der Waals surface area contributed by atoms with Gasteiger partial charge in [-0.3, -0.25) is 24.1 Å². The molecule has 10 nitrogen and oxygen atoms in total. The third-order valence-corrected chi connectivity index (χ3v) is 9.15. The number of carbonyl (C=O) groups is 3. The van der Waals surface area contributed by atoms with Gasteiger partial charge in [0.05, 0.1) is 17.9 Å². The highest BCUT2D eigenvalue weighted by atomic mass is 79.9. The van der Waals surface area contributed by atoms with Gasteiger partial charge >= 0.3 is 0 Å². The predicted molar refractivity (Wildman–Crippen MR) is 181 cm³/mol. The largest absolute Gasteiger partial charge is 0.350 e. The molecular formula is C34H42BrN7O3. The topological polar surface area (TPSA) is 122 Å². The summed E-state index contributed by atoms with van der Waals surface area (Å²) < 4.78 is 2.22. The number of ketones is 1. The quantitative estimate of drug-likeness (QED) is 0.242. The number of benzene rings is 1. The Morgan fingerprint density at radius 1 is 1.04 bits per heavy atom. The van der Waals surface area contributed by atoms with Gasteiger partial charge in [-0.15, -0.1) is 0 Å². The van der Waals surface area contributed by atoms with E-state index in [4.69, 9.17) is 0 Å². The van der Waals surface area contributed by atoms with Crippen LogP contribution in [0.5, 0.6) is 0 Å². The van der Waals surface area contributed by atoms with Crippen molar-refractivity contribution in [3.05, 3.63) is 58.0 Å². The SMILES string of the molecule is CC(=O)c1nn(CC(=O)N(C)[C@H]2CCCCCCCCCCc3ccc(Br)nc3NC2=O)c2ccc(C3=CNC(C)=NC3)cc12. The van der Waals surface area contributed by atoms with Gasteiger partial charge < -0.3 is 15.5 Å². The second kappa shape index (κ2) is 14.9. The van der Waals surface area contributed by atoms with Gasteiger partial charge in [-0.05, 0) is 77.0 Å². The number of nitrogens with zero attached hydrogens (tertiary/aromatic N) is 5. The van der Waals surface area contributed by atoms with E-state index in [1.54, 1.807) is 11.7 Å². The van der Waals surface area contributed by atoms with Crippen molar-refractivity contribution in [1.29, 1.82) is 0 Å². The van der Waals surface area contributed by atoms with Gasteiger partial charge in [-0.2, -0.15) is 5.10 Å². The van der Waals surface area contributed by atoms with Crippen molar-refractivity contribution < 1.29 is 14.4 Å². The average molecular weight is 677 g/mol. The summed E-state index contributed by atoms with van der Waals surface area (Å²) in [7, 11) is 1.68. The van der Waals surface area contributed by atoms with E-state index in [9.17, 15) is 14.4 Å². The van der Waals surface area contributed by atoms with E-state index >= 15 is 0 Å². The summed E-state index contributed by atoms with van der Waals surface area (Å²) in [4.78, 5) is 50.8. The Labute approximate surface area is 272 Å². The fourth-order valence-corrected chi connectivity index (χ4v) is 6.33. The third kappa shape index (κ3) is 8.06. The number of fused-ring (bicyclic) bond motifs is 2. The number of hydrogen-bond acceptors (Lipinski definition) is 7. The molecule has 5 rings (SSSR count). The summed E-state index contributed by atoms with van der Waals surface area (Å²) in [6.07, 6.45) is 12.1. The van der Waals surface area contributed by atoms with Gasteiger partial charge in [-0.25, -0.2) is 4.98 Å². The van der Waals surface area contributed by atoms with Crippen molar-refractivity contribution in [2.45, 2.75) is 90.6 Å². The monoisotopic (exact) mass is 675 g/mol. The van der Waals surface area contributed by atoms with Crippen molar-refractivity contribution >= 4 is 61.7 Å². The molecule has 1 aromatic carbocycles. The molecule has 2 N–H and O–H groups in total. The lowest BCUT2D eigenvalue weighted by Crippen LogP contribution is -2.46. The number of aryl methyl sites for hydroxylation is 1. The molecule has 2 aromatic heterocycles. The molecule has 11 heteroatoms. The summed E-state index contributed by atoms with van der Waals surface area (Å²) in [6.45, 7) is 3.83. The molecule has 1 atom stereocenters. The maximum absolute atomic E-state index is 13.8. The first-order valence-corrected chi connectivity index (χ1v) is 16.7. The van der Waals surface area contributed by atoms with E-state index in [0.717, 1.165) is 61.1 Å². The molecule has 0 radical (unpaired) electrons. The summed E-state index contributed by atoms with van der Waals surface area (Å²) >= 11 is 3.44. The maximum Gasteiger partial charge on any atom is 0.248 e.